The molecule has 0 saturated carbocycles. The Labute approximate surface area is 72.9 Å². The Morgan fingerprint density at radius 2 is 2.00 bits per heavy atom. The average molecular weight is 181 g/mol. The van der Waals surface area contributed by atoms with Crippen LogP contribution in [0.5, 0.6) is 0 Å². The molecule has 0 heterocycles. The lowest BCUT2D eigenvalue weighted by Gasteiger charge is -1.95. The molecule has 0 aliphatic heterocycles. The minimum atomic E-state index is -1.92. The van der Waals surface area contributed by atoms with Crippen molar-refractivity contribution in [1.82, 2.24) is 0 Å². The molecule has 1 atom stereocenters. The first-order valence-corrected chi connectivity index (χ1v) is 4.41. The Balaban J connectivity index is 2.87. The molecule has 0 aromatic heterocycles. The van der Waals surface area contributed by atoms with Crippen LogP contribution in [0.2, 0.25) is 0 Å². The van der Waals surface area contributed by atoms with Gasteiger partial charge in [-0.05, 0) is 17.7 Å². The van der Waals surface area contributed by atoms with Crippen LogP contribution in [0.25, 0.3) is 0 Å². The summed E-state index contributed by atoms with van der Waals surface area (Å²) in [5.74, 6) is 0. The van der Waals surface area contributed by atoms with Crippen LogP contribution in [-0.4, -0.2) is 8.76 Å². The predicted molar refractivity (Wildman–Crippen MR) is 44.8 cm³/mol. The molecule has 0 fully saturated rings. The molecule has 0 amide bonds. The van der Waals surface area contributed by atoms with Gasteiger partial charge in [-0.1, -0.05) is 12.1 Å². The van der Waals surface area contributed by atoms with Crippen molar-refractivity contribution in [3.05, 3.63) is 29.8 Å². The van der Waals surface area contributed by atoms with E-state index in [0.717, 1.165) is 5.56 Å². The molecular formula is C8H7NO2S. The van der Waals surface area contributed by atoms with E-state index in [-0.39, 0.29) is 0 Å². The third kappa shape index (κ3) is 2.16. The maximum Gasteiger partial charge on any atom is 0.186 e. The van der Waals surface area contributed by atoms with Gasteiger partial charge in [-0.2, -0.15) is 5.26 Å². The second-order valence-corrected chi connectivity index (χ2v) is 3.20. The Kier molecular flexibility index (Phi) is 2.97. The fourth-order valence-electron chi connectivity index (χ4n) is 0.815. The van der Waals surface area contributed by atoms with E-state index in [4.69, 9.17) is 9.81 Å². The first-order valence-electron chi connectivity index (χ1n) is 3.31. The molecule has 1 unspecified atom stereocenters. The lowest BCUT2D eigenvalue weighted by molar-refractivity contribution is 0.564. The summed E-state index contributed by atoms with van der Waals surface area (Å²) in [6.07, 6.45) is 0.332. The Bertz CT molecular complexity index is 326. The van der Waals surface area contributed by atoms with Gasteiger partial charge in [-0.25, -0.2) is 4.21 Å². The van der Waals surface area contributed by atoms with Gasteiger partial charge in [0.15, 0.2) is 11.1 Å². The van der Waals surface area contributed by atoms with Gasteiger partial charge in [-0.15, -0.1) is 0 Å². The average Bonchev–Trinajstić information content (AvgIpc) is 2.06. The van der Waals surface area contributed by atoms with Crippen LogP contribution in [-0.2, 0) is 17.5 Å². The van der Waals surface area contributed by atoms with Crippen LogP contribution in [0.1, 0.15) is 5.56 Å². The number of nitriles is 1. The number of nitrogens with zero attached hydrogens (tertiary/aromatic N) is 1. The van der Waals surface area contributed by atoms with Gasteiger partial charge in [0, 0.05) is 0 Å². The van der Waals surface area contributed by atoms with Crippen molar-refractivity contribution in [1.29, 1.82) is 5.26 Å². The molecule has 12 heavy (non-hydrogen) atoms. The highest BCUT2D eigenvalue weighted by Crippen LogP contribution is 2.07. The second kappa shape index (κ2) is 4.00. The van der Waals surface area contributed by atoms with Crippen molar-refractivity contribution >= 4 is 11.1 Å². The van der Waals surface area contributed by atoms with Gasteiger partial charge in [0.05, 0.1) is 17.4 Å². The Hall–Kier alpha value is -1.18. The molecule has 0 aliphatic carbocycles. The zero-order chi connectivity index (χ0) is 8.97. The lowest BCUT2D eigenvalue weighted by Crippen LogP contribution is -1.88. The highest BCUT2D eigenvalue weighted by atomic mass is 32.2. The van der Waals surface area contributed by atoms with Gasteiger partial charge in [-0.3, -0.25) is 0 Å². The van der Waals surface area contributed by atoms with Gasteiger partial charge in [0.1, 0.15) is 0 Å². The molecule has 1 rings (SSSR count). The number of hydrogen-bond donors (Lipinski definition) is 1. The third-order valence-electron chi connectivity index (χ3n) is 1.41. The second-order valence-electron chi connectivity index (χ2n) is 2.23. The molecule has 0 aliphatic rings. The quantitative estimate of drug-likeness (QED) is 0.700. The summed E-state index contributed by atoms with van der Waals surface area (Å²) in [6, 6.07) is 8.43. The maximum absolute atomic E-state index is 10.5. The topological polar surface area (TPSA) is 61.1 Å². The fourth-order valence-corrected chi connectivity index (χ4v) is 1.18. The van der Waals surface area contributed by atoms with E-state index in [9.17, 15) is 4.21 Å². The molecule has 0 saturated heterocycles. The molecule has 62 valence electrons. The monoisotopic (exact) mass is 181 g/mol. The fraction of sp³-hybridized carbons (Fsp3) is 0.125. The van der Waals surface area contributed by atoms with Crippen LogP contribution < -0.4 is 0 Å². The summed E-state index contributed by atoms with van der Waals surface area (Å²) in [5.41, 5.74) is 0.853. The lowest BCUT2D eigenvalue weighted by atomic mass is 10.2. The van der Waals surface area contributed by atoms with E-state index < -0.39 is 11.1 Å². The molecule has 1 aromatic rings. The first kappa shape index (κ1) is 8.91. The molecule has 0 bridgehead atoms. The van der Waals surface area contributed by atoms with E-state index in [1.165, 1.54) is 0 Å². The number of rotatable bonds is 2. The predicted octanol–water partition coefficient (Wildman–Crippen LogP) is 1.33. The largest absolute Gasteiger partial charge is 0.302 e. The molecule has 0 radical (unpaired) electrons. The van der Waals surface area contributed by atoms with Gasteiger partial charge >= 0.3 is 0 Å². The van der Waals surface area contributed by atoms with Crippen LogP contribution in [0.15, 0.2) is 29.2 Å². The highest BCUT2D eigenvalue weighted by molar-refractivity contribution is 7.79. The minimum Gasteiger partial charge on any atom is -0.302 e. The van der Waals surface area contributed by atoms with E-state index in [1.807, 2.05) is 6.07 Å². The summed E-state index contributed by atoms with van der Waals surface area (Å²) in [7, 11) is 0. The first-order chi connectivity index (χ1) is 5.74. The smallest absolute Gasteiger partial charge is 0.186 e. The van der Waals surface area contributed by atoms with E-state index in [1.54, 1.807) is 24.3 Å². The van der Waals surface area contributed by atoms with Crippen LogP contribution in [0, 0.1) is 11.3 Å². The normalized spacial score (nSPS) is 12.0. The van der Waals surface area contributed by atoms with E-state index >= 15 is 0 Å². The molecule has 3 nitrogen and oxygen atoms in total. The van der Waals surface area contributed by atoms with Crippen molar-refractivity contribution in [2.45, 2.75) is 11.3 Å². The SMILES string of the molecule is N#CCc1ccc(S(=O)O)cc1. The van der Waals surface area contributed by atoms with Gasteiger partial charge < -0.3 is 4.55 Å². The molecule has 1 N–H and O–H groups in total. The van der Waals surface area contributed by atoms with Crippen molar-refractivity contribution < 1.29 is 8.76 Å². The maximum atomic E-state index is 10.5. The summed E-state index contributed by atoms with van der Waals surface area (Å²) < 4.78 is 19.2. The van der Waals surface area contributed by atoms with Crippen LogP contribution in [0.4, 0.5) is 0 Å². The number of hydrogen-bond acceptors (Lipinski definition) is 2. The van der Waals surface area contributed by atoms with Crippen LogP contribution in [0.3, 0.4) is 0 Å². The van der Waals surface area contributed by atoms with E-state index in [2.05, 4.69) is 0 Å². The van der Waals surface area contributed by atoms with Gasteiger partial charge in [0.25, 0.3) is 0 Å². The minimum absolute atomic E-state index is 0.332. The van der Waals surface area contributed by atoms with Crippen molar-refractivity contribution in [3.8, 4) is 6.07 Å². The van der Waals surface area contributed by atoms with Crippen molar-refractivity contribution in [3.63, 3.8) is 0 Å². The molecule has 0 spiro atoms. The van der Waals surface area contributed by atoms with Crippen molar-refractivity contribution in [2.75, 3.05) is 0 Å². The summed E-state index contributed by atoms with van der Waals surface area (Å²) in [4.78, 5) is 0.358. The van der Waals surface area contributed by atoms with Crippen molar-refractivity contribution in [2.24, 2.45) is 0 Å². The highest BCUT2D eigenvalue weighted by Gasteiger charge is 1.98. The van der Waals surface area contributed by atoms with Crippen LogP contribution >= 0.6 is 0 Å². The zero-order valence-corrected chi connectivity index (χ0v) is 7.04. The summed E-state index contributed by atoms with van der Waals surface area (Å²) in [5, 5.41) is 8.34. The number of benzene rings is 1. The molecule has 1 aromatic carbocycles. The summed E-state index contributed by atoms with van der Waals surface area (Å²) in [6.45, 7) is 0. The molecule has 4 heteroatoms. The Morgan fingerprint density at radius 1 is 1.42 bits per heavy atom. The third-order valence-corrected chi connectivity index (χ3v) is 2.08. The van der Waals surface area contributed by atoms with Gasteiger partial charge in [0.2, 0.25) is 0 Å². The molecular weight excluding hydrogens is 174 g/mol. The zero-order valence-electron chi connectivity index (χ0n) is 6.23. The summed E-state index contributed by atoms with van der Waals surface area (Å²) >= 11 is -1.92. The van der Waals surface area contributed by atoms with E-state index in [0.29, 0.717) is 11.3 Å². The standard InChI is InChI=1S/C8H7NO2S/c9-6-5-7-1-3-8(4-2-7)12(10)11/h1-4H,5H2,(H,10,11). The Morgan fingerprint density at radius 3 is 2.42 bits per heavy atom.